The summed E-state index contributed by atoms with van der Waals surface area (Å²) in [6.07, 6.45) is 0. The van der Waals surface area contributed by atoms with Gasteiger partial charge in [0.2, 0.25) is 0 Å². The summed E-state index contributed by atoms with van der Waals surface area (Å²) in [6, 6.07) is 20.0. The van der Waals surface area contributed by atoms with Crippen molar-refractivity contribution >= 4 is 46.1 Å². The third-order valence-electron chi connectivity index (χ3n) is 4.58. The molecule has 0 aliphatic heterocycles. The van der Waals surface area contributed by atoms with Crippen LogP contribution in [0.1, 0.15) is 16.1 Å². The van der Waals surface area contributed by atoms with Crippen molar-refractivity contribution in [3.63, 3.8) is 0 Å². The molecule has 0 spiro atoms. The Kier molecular flexibility index (Phi) is 6.95. The second kappa shape index (κ2) is 10.0. The van der Waals surface area contributed by atoms with Crippen molar-refractivity contribution in [1.29, 1.82) is 0 Å². The summed E-state index contributed by atoms with van der Waals surface area (Å²) >= 11 is 13.5. The normalized spacial score (nSPS) is 10.6. The average Bonchev–Trinajstić information content (AvgIpc) is 3.30. The largest absolute Gasteiger partial charge is 0.497 e. The maximum atomic E-state index is 12.6. The van der Waals surface area contributed by atoms with E-state index in [4.69, 9.17) is 32.7 Å². The fourth-order valence-corrected chi connectivity index (χ4v) is 4.16. The highest BCUT2D eigenvalue weighted by Gasteiger charge is 2.13. The third-order valence-corrected chi connectivity index (χ3v) is 6.05. The molecule has 0 unspecified atom stereocenters. The Labute approximate surface area is 199 Å². The first-order chi connectivity index (χ1) is 15.5. The number of hydrogen-bond donors (Lipinski definition) is 1. The van der Waals surface area contributed by atoms with Crippen molar-refractivity contribution < 1.29 is 14.3 Å². The molecule has 5 nitrogen and oxygen atoms in total. The van der Waals surface area contributed by atoms with Gasteiger partial charge in [-0.3, -0.25) is 4.79 Å². The molecule has 162 valence electrons. The number of aromatic nitrogens is 1. The van der Waals surface area contributed by atoms with Crippen molar-refractivity contribution in [2.24, 2.45) is 0 Å². The highest BCUT2D eigenvalue weighted by molar-refractivity contribution is 7.13. The van der Waals surface area contributed by atoms with E-state index in [2.05, 4.69) is 10.3 Å². The molecule has 4 rings (SSSR count). The van der Waals surface area contributed by atoms with E-state index in [0.717, 1.165) is 21.9 Å². The van der Waals surface area contributed by atoms with Gasteiger partial charge in [0.1, 0.15) is 28.8 Å². The summed E-state index contributed by atoms with van der Waals surface area (Å²) in [5.41, 5.74) is 2.72. The second-order valence-corrected chi connectivity index (χ2v) is 8.47. The van der Waals surface area contributed by atoms with Gasteiger partial charge in [0.15, 0.2) is 0 Å². The number of amides is 1. The van der Waals surface area contributed by atoms with Gasteiger partial charge in [-0.1, -0.05) is 41.4 Å². The molecule has 4 aromatic rings. The Bertz CT molecular complexity index is 1240. The number of thiazole rings is 1. The zero-order valence-corrected chi connectivity index (χ0v) is 19.3. The summed E-state index contributed by atoms with van der Waals surface area (Å²) in [7, 11) is 1.59. The number of nitrogens with one attached hydrogen (secondary N) is 1. The monoisotopic (exact) mass is 484 g/mol. The summed E-state index contributed by atoms with van der Waals surface area (Å²) in [6.45, 7) is 0.312. The molecule has 32 heavy (non-hydrogen) atoms. The maximum absolute atomic E-state index is 12.6. The van der Waals surface area contributed by atoms with Gasteiger partial charge in [0.25, 0.3) is 5.91 Å². The Hall–Kier alpha value is -3.06. The van der Waals surface area contributed by atoms with Gasteiger partial charge in [-0.05, 0) is 48.5 Å². The lowest BCUT2D eigenvalue weighted by Gasteiger charge is -2.09. The van der Waals surface area contributed by atoms with Gasteiger partial charge >= 0.3 is 0 Å². The molecule has 1 heterocycles. The van der Waals surface area contributed by atoms with Crippen molar-refractivity contribution in [2.75, 3.05) is 12.4 Å². The van der Waals surface area contributed by atoms with Gasteiger partial charge in [-0.15, -0.1) is 11.3 Å². The number of halogens is 2. The fourth-order valence-electron chi connectivity index (χ4n) is 2.90. The molecule has 0 bridgehead atoms. The lowest BCUT2D eigenvalue weighted by atomic mass is 10.2. The molecule has 0 fully saturated rings. The molecule has 0 saturated carbocycles. The van der Waals surface area contributed by atoms with Crippen molar-refractivity contribution in [3.05, 3.63) is 93.4 Å². The molecule has 0 aliphatic carbocycles. The van der Waals surface area contributed by atoms with Crippen LogP contribution in [0, 0.1) is 0 Å². The Morgan fingerprint density at radius 2 is 1.84 bits per heavy atom. The van der Waals surface area contributed by atoms with Gasteiger partial charge in [-0.2, -0.15) is 0 Å². The smallest absolute Gasteiger partial charge is 0.275 e. The SMILES string of the molecule is COc1ccc(NC(=O)c2csc(-c3cccc(OCc4ccc(Cl)cc4Cl)c3)n2)cc1. The number of nitrogens with zero attached hydrogens (tertiary/aromatic N) is 1. The lowest BCUT2D eigenvalue weighted by Crippen LogP contribution is -2.12. The summed E-state index contributed by atoms with van der Waals surface area (Å²) < 4.78 is 11.0. The van der Waals surface area contributed by atoms with Crippen LogP contribution in [-0.2, 0) is 6.61 Å². The topological polar surface area (TPSA) is 60.5 Å². The number of hydrogen-bond acceptors (Lipinski definition) is 5. The Morgan fingerprint density at radius 3 is 2.59 bits per heavy atom. The van der Waals surface area contributed by atoms with E-state index in [1.807, 2.05) is 30.3 Å². The van der Waals surface area contributed by atoms with Crippen molar-refractivity contribution in [3.8, 4) is 22.1 Å². The predicted octanol–water partition coefficient (Wildman–Crippen LogP) is 6.96. The van der Waals surface area contributed by atoms with Crippen LogP contribution in [0.15, 0.2) is 72.1 Å². The van der Waals surface area contributed by atoms with Gasteiger partial charge in [-0.25, -0.2) is 4.98 Å². The first kappa shape index (κ1) is 22.1. The van der Waals surface area contributed by atoms with Crippen molar-refractivity contribution in [2.45, 2.75) is 6.61 Å². The van der Waals surface area contributed by atoms with Crippen LogP contribution < -0.4 is 14.8 Å². The van der Waals surface area contributed by atoms with E-state index >= 15 is 0 Å². The molecule has 1 amide bonds. The van der Waals surface area contributed by atoms with E-state index in [-0.39, 0.29) is 5.91 Å². The van der Waals surface area contributed by atoms with E-state index in [1.165, 1.54) is 11.3 Å². The Morgan fingerprint density at radius 1 is 1.03 bits per heavy atom. The zero-order valence-electron chi connectivity index (χ0n) is 17.0. The van der Waals surface area contributed by atoms with Crippen LogP contribution in [-0.4, -0.2) is 18.0 Å². The molecule has 0 atom stereocenters. The van der Waals surface area contributed by atoms with Gasteiger partial charge in [0, 0.05) is 32.2 Å². The number of rotatable bonds is 7. The van der Waals surface area contributed by atoms with Crippen LogP contribution >= 0.6 is 34.5 Å². The Balaban J connectivity index is 1.43. The number of methoxy groups -OCH3 is 1. The van der Waals surface area contributed by atoms with Crippen LogP contribution in [0.5, 0.6) is 11.5 Å². The third kappa shape index (κ3) is 5.40. The van der Waals surface area contributed by atoms with Crippen LogP contribution in [0.3, 0.4) is 0 Å². The van der Waals surface area contributed by atoms with Crippen LogP contribution in [0.25, 0.3) is 10.6 Å². The molecular weight excluding hydrogens is 467 g/mol. The predicted molar refractivity (Wildman–Crippen MR) is 129 cm³/mol. The minimum absolute atomic E-state index is 0.276. The second-order valence-electron chi connectivity index (χ2n) is 6.77. The fraction of sp³-hybridized carbons (Fsp3) is 0.0833. The highest BCUT2D eigenvalue weighted by Crippen LogP contribution is 2.29. The molecule has 3 aromatic carbocycles. The van der Waals surface area contributed by atoms with Crippen LogP contribution in [0.4, 0.5) is 5.69 Å². The van der Waals surface area contributed by atoms with E-state index in [1.54, 1.807) is 48.9 Å². The number of benzene rings is 3. The first-order valence-corrected chi connectivity index (χ1v) is 11.2. The molecular formula is C24H18Cl2N2O3S. The summed E-state index contributed by atoms with van der Waals surface area (Å²) in [4.78, 5) is 17.0. The van der Waals surface area contributed by atoms with E-state index in [9.17, 15) is 4.79 Å². The number of ether oxygens (including phenoxy) is 2. The minimum atomic E-state index is -0.276. The van der Waals surface area contributed by atoms with E-state index < -0.39 is 0 Å². The highest BCUT2D eigenvalue weighted by atomic mass is 35.5. The quantitative estimate of drug-likeness (QED) is 0.308. The first-order valence-electron chi connectivity index (χ1n) is 9.60. The summed E-state index contributed by atoms with van der Waals surface area (Å²) in [5.74, 6) is 1.12. The molecule has 0 saturated heterocycles. The van der Waals surface area contributed by atoms with Crippen LogP contribution in [0.2, 0.25) is 10.0 Å². The molecule has 1 N–H and O–H groups in total. The lowest BCUT2D eigenvalue weighted by molar-refractivity contribution is 0.102. The number of anilines is 1. The maximum Gasteiger partial charge on any atom is 0.275 e. The number of carbonyl (C=O) groups is 1. The summed E-state index contributed by atoms with van der Waals surface area (Å²) in [5, 5.41) is 6.43. The zero-order chi connectivity index (χ0) is 22.5. The number of carbonyl (C=O) groups excluding carboxylic acids is 1. The van der Waals surface area contributed by atoms with Gasteiger partial charge in [0.05, 0.1) is 7.11 Å². The average molecular weight is 485 g/mol. The molecule has 0 radical (unpaired) electrons. The molecule has 1 aromatic heterocycles. The molecule has 8 heteroatoms. The van der Waals surface area contributed by atoms with E-state index in [0.29, 0.717) is 33.8 Å². The minimum Gasteiger partial charge on any atom is -0.497 e. The standard InChI is InChI=1S/C24H18Cl2N2O3S/c1-30-19-9-7-18(8-10-19)27-23(29)22-14-32-24(28-22)15-3-2-4-20(11-15)31-13-16-5-6-17(25)12-21(16)26/h2-12,14H,13H2,1H3,(H,27,29). The van der Waals surface area contributed by atoms with Gasteiger partial charge < -0.3 is 14.8 Å². The van der Waals surface area contributed by atoms with Crippen molar-refractivity contribution in [1.82, 2.24) is 4.98 Å². The molecule has 0 aliphatic rings.